The predicted octanol–water partition coefficient (Wildman–Crippen LogP) is 1.68. The summed E-state index contributed by atoms with van der Waals surface area (Å²) >= 11 is 0. The fraction of sp³-hybridized carbons (Fsp3) is 0.533. The van der Waals surface area contributed by atoms with Gasteiger partial charge >= 0.3 is 0 Å². The van der Waals surface area contributed by atoms with Crippen molar-refractivity contribution in [3.63, 3.8) is 0 Å². The smallest absolute Gasteiger partial charge is 0.258 e. The fourth-order valence-electron chi connectivity index (χ4n) is 2.12. The lowest BCUT2D eigenvalue weighted by molar-refractivity contribution is -0.123. The lowest BCUT2D eigenvalue weighted by atomic mass is 10.2. The van der Waals surface area contributed by atoms with Gasteiger partial charge in [-0.05, 0) is 37.5 Å². The lowest BCUT2D eigenvalue weighted by Crippen LogP contribution is -2.35. The summed E-state index contributed by atoms with van der Waals surface area (Å²) in [7, 11) is 1.58. The maximum Gasteiger partial charge on any atom is 0.258 e. The van der Waals surface area contributed by atoms with Crippen molar-refractivity contribution in [1.82, 2.24) is 5.32 Å². The van der Waals surface area contributed by atoms with Crippen molar-refractivity contribution in [3.05, 3.63) is 23.8 Å². The molecule has 1 atom stereocenters. The second-order valence-electron chi connectivity index (χ2n) is 4.88. The van der Waals surface area contributed by atoms with E-state index in [9.17, 15) is 4.79 Å². The Hall–Kier alpha value is -1.75. The number of carbonyl (C=O) groups is 1. The summed E-state index contributed by atoms with van der Waals surface area (Å²) in [6.45, 7) is 3.29. The van der Waals surface area contributed by atoms with Crippen molar-refractivity contribution in [3.8, 4) is 11.5 Å². The minimum atomic E-state index is -0.150. The number of ether oxygens (including phenoxy) is 3. The van der Waals surface area contributed by atoms with Crippen molar-refractivity contribution in [1.29, 1.82) is 0 Å². The van der Waals surface area contributed by atoms with Crippen LogP contribution in [0.3, 0.4) is 0 Å². The Morgan fingerprint density at radius 1 is 1.45 bits per heavy atom. The molecule has 0 spiro atoms. The summed E-state index contributed by atoms with van der Waals surface area (Å²) in [5.41, 5.74) is 1.08. The Kier molecular flexibility index (Phi) is 5.24. The van der Waals surface area contributed by atoms with E-state index in [2.05, 4.69) is 5.32 Å². The van der Waals surface area contributed by atoms with E-state index in [1.165, 1.54) is 0 Å². The normalized spacial score (nSPS) is 17.8. The Morgan fingerprint density at radius 2 is 2.30 bits per heavy atom. The molecule has 20 heavy (non-hydrogen) atoms. The fourth-order valence-corrected chi connectivity index (χ4v) is 2.12. The van der Waals surface area contributed by atoms with E-state index in [4.69, 9.17) is 14.2 Å². The molecule has 0 saturated carbocycles. The van der Waals surface area contributed by atoms with Crippen LogP contribution in [0.4, 0.5) is 0 Å². The SMILES string of the molecule is COc1cc(C)ccc1OCC(=O)NC[C@H]1CCCO1. The van der Waals surface area contributed by atoms with E-state index in [-0.39, 0.29) is 18.6 Å². The zero-order chi connectivity index (χ0) is 14.4. The van der Waals surface area contributed by atoms with Gasteiger partial charge < -0.3 is 19.5 Å². The first-order chi connectivity index (χ1) is 9.69. The summed E-state index contributed by atoms with van der Waals surface area (Å²) < 4.78 is 16.1. The van der Waals surface area contributed by atoms with Crippen LogP contribution in [-0.2, 0) is 9.53 Å². The molecule has 0 bridgehead atoms. The minimum absolute atomic E-state index is 0.0217. The Bertz CT molecular complexity index is 455. The van der Waals surface area contributed by atoms with Crippen LogP contribution in [0.1, 0.15) is 18.4 Å². The summed E-state index contributed by atoms with van der Waals surface area (Å²) in [4.78, 5) is 11.7. The van der Waals surface area contributed by atoms with Gasteiger partial charge in [-0.2, -0.15) is 0 Å². The molecule has 1 amide bonds. The molecule has 1 N–H and O–H groups in total. The summed E-state index contributed by atoms with van der Waals surface area (Å²) in [5.74, 6) is 1.06. The maximum absolute atomic E-state index is 11.7. The molecule has 110 valence electrons. The Labute approximate surface area is 119 Å². The number of benzene rings is 1. The van der Waals surface area contributed by atoms with E-state index < -0.39 is 0 Å². The number of methoxy groups -OCH3 is 1. The van der Waals surface area contributed by atoms with Gasteiger partial charge in [0.1, 0.15) is 0 Å². The molecule has 1 aliphatic rings. The molecule has 0 aromatic heterocycles. The molecular weight excluding hydrogens is 258 g/mol. The quantitative estimate of drug-likeness (QED) is 0.860. The molecule has 1 aromatic carbocycles. The van der Waals surface area contributed by atoms with Crippen LogP contribution in [-0.4, -0.2) is 38.9 Å². The lowest BCUT2D eigenvalue weighted by Gasteiger charge is -2.13. The van der Waals surface area contributed by atoms with Crippen molar-refractivity contribution in [2.45, 2.75) is 25.9 Å². The van der Waals surface area contributed by atoms with Gasteiger partial charge in [-0.3, -0.25) is 4.79 Å². The molecule has 5 heteroatoms. The van der Waals surface area contributed by atoms with E-state index >= 15 is 0 Å². The average Bonchev–Trinajstić information content (AvgIpc) is 2.97. The van der Waals surface area contributed by atoms with Crippen LogP contribution in [0.25, 0.3) is 0 Å². The zero-order valence-electron chi connectivity index (χ0n) is 12.0. The van der Waals surface area contributed by atoms with E-state index in [1.807, 2.05) is 25.1 Å². The van der Waals surface area contributed by atoms with Crippen LogP contribution in [0.2, 0.25) is 0 Å². The van der Waals surface area contributed by atoms with Gasteiger partial charge in [0.15, 0.2) is 18.1 Å². The second-order valence-corrected chi connectivity index (χ2v) is 4.88. The molecule has 1 aromatic rings. The van der Waals surface area contributed by atoms with Gasteiger partial charge in [-0.25, -0.2) is 0 Å². The number of nitrogens with one attached hydrogen (secondary N) is 1. The first-order valence-corrected chi connectivity index (χ1v) is 6.85. The Balaban J connectivity index is 1.77. The number of aryl methyl sites for hydroxylation is 1. The monoisotopic (exact) mass is 279 g/mol. The average molecular weight is 279 g/mol. The zero-order valence-corrected chi connectivity index (χ0v) is 12.0. The number of hydrogen-bond acceptors (Lipinski definition) is 4. The molecule has 1 heterocycles. The maximum atomic E-state index is 11.7. The number of hydrogen-bond donors (Lipinski definition) is 1. The van der Waals surface area contributed by atoms with Crippen LogP contribution >= 0.6 is 0 Å². The highest BCUT2D eigenvalue weighted by molar-refractivity contribution is 5.77. The third-order valence-corrected chi connectivity index (χ3v) is 3.23. The van der Waals surface area contributed by atoms with Crippen molar-refractivity contribution in [2.24, 2.45) is 0 Å². The van der Waals surface area contributed by atoms with Crippen LogP contribution < -0.4 is 14.8 Å². The standard InChI is InChI=1S/C15H21NO4/c1-11-5-6-13(14(8-11)18-2)20-10-15(17)16-9-12-4-3-7-19-12/h5-6,8,12H,3-4,7,9-10H2,1-2H3,(H,16,17)/t12-/m1/s1. The van der Waals surface area contributed by atoms with E-state index in [0.29, 0.717) is 18.0 Å². The van der Waals surface area contributed by atoms with Gasteiger partial charge in [0.25, 0.3) is 5.91 Å². The molecule has 0 aliphatic carbocycles. The highest BCUT2D eigenvalue weighted by atomic mass is 16.5. The van der Waals surface area contributed by atoms with Gasteiger partial charge in [-0.1, -0.05) is 6.07 Å². The van der Waals surface area contributed by atoms with Crippen LogP contribution in [0.15, 0.2) is 18.2 Å². The van der Waals surface area contributed by atoms with Crippen LogP contribution in [0.5, 0.6) is 11.5 Å². The van der Waals surface area contributed by atoms with Gasteiger partial charge in [0.05, 0.1) is 13.2 Å². The highest BCUT2D eigenvalue weighted by Gasteiger charge is 2.16. The molecule has 2 rings (SSSR count). The minimum Gasteiger partial charge on any atom is -0.493 e. The van der Waals surface area contributed by atoms with Gasteiger partial charge in [-0.15, -0.1) is 0 Å². The molecule has 1 fully saturated rings. The molecule has 0 radical (unpaired) electrons. The van der Waals surface area contributed by atoms with E-state index in [1.54, 1.807) is 7.11 Å². The Morgan fingerprint density at radius 3 is 3.00 bits per heavy atom. The summed E-state index contributed by atoms with van der Waals surface area (Å²) in [6, 6.07) is 5.60. The van der Waals surface area contributed by atoms with Crippen LogP contribution in [0, 0.1) is 6.92 Å². The van der Waals surface area contributed by atoms with Crippen molar-refractivity contribution >= 4 is 5.91 Å². The second kappa shape index (κ2) is 7.14. The van der Waals surface area contributed by atoms with Crippen molar-refractivity contribution < 1.29 is 19.0 Å². The van der Waals surface area contributed by atoms with Gasteiger partial charge in [0.2, 0.25) is 0 Å². The molecule has 5 nitrogen and oxygen atoms in total. The number of amides is 1. The molecule has 1 aliphatic heterocycles. The first-order valence-electron chi connectivity index (χ1n) is 6.85. The predicted molar refractivity (Wildman–Crippen MR) is 75.2 cm³/mol. The third kappa shape index (κ3) is 4.13. The highest BCUT2D eigenvalue weighted by Crippen LogP contribution is 2.27. The van der Waals surface area contributed by atoms with Crippen molar-refractivity contribution in [2.75, 3.05) is 26.9 Å². The summed E-state index contributed by atoms with van der Waals surface area (Å²) in [6.07, 6.45) is 2.22. The molecular formula is C15H21NO4. The summed E-state index contributed by atoms with van der Waals surface area (Å²) in [5, 5.41) is 2.81. The third-order valence-electron chi connectivity index (χ3n) is 3.23. The number of rotatable bonds is 6. The largest absolute Gasteiger partial charge is 0.493 e. The molecule has 0 unspecified atom stereocenters. The number of carbonyl (C=O) groups excluding carboxylic acids is 1. The first kappa shape index (κ1) is 14.7. The van der Waals surface area contributed by atoms with E-state index in [0.717, 1.165) is 25.0 Å². The molecule has 1 saturated heterocycles. The topological polar surface area (TPSA) is 56.8 Å². The van der Waals surface area contributed by atoms with Gasteiger partial charge in [0, 0.05) is 13.2 Å².